The fourth-order valence-electron chi connectivity index (χ4n) is 3.32. The number of rotatable bonds is 6. The van der Waals surface area contributed by atoms with Gasteiger partial charge < -0.3 is 15.0 Å². The highest BCUT2D eigenvalue weighted by Gasteiger charge is 2.20. The summed E-state index contributed by atoms with van der Waals surface area (Å²) in [5.74, 6) is 0.981. The van der Waals surface area contributed by atoms with E-state index < -0.39 is 0 Å². The maximum Gasteiger partial charge on any atom is 0.234 e. The fourth-order valence-corrected chi connectivity index (χ4v) is 3.32. The molecule has 0 spiro atoms. The molecule has 0 bridgehead atoms. The van der Waals surface area contributed by atoms with Crippen LogP contribution in [0.3, 0.4) is 0 Å². The molecular formula is C21H27N3O2. The number of anilines is 1. The Morgan fingerprint density at radius 2 is 1.85 bits per heavy atom. The number of piperazine rings is 1. The van der Waals surface area contributed by atoms with Gasteiger partial charge in [0.05, 0.1) is 19.3 Å². The topological polar surface area (TPSA) is 44.8 Å². The van der Waals surface area contributed by atoms with E-state index in [0.29, 0.717) is 13.1 Å². The summed E-state index contributed by atoms with van der Waals surface area (Å²) in [6.07, 6.45) is 0. The summed E-state index contributed by atoms with van der Waals surface area (Å²) < 4.78 is 5.45. The molecule has 0 radical (unpaired) electrons. The lowest BCUT2D eigenvalue weighted by Gasteiger charge is -2.36. The lowest BCUT2D eigenvalue weighted by atomic mass is 10.1. The molecule has 0 aliphatic carbocycles. The predicted octanol–water partition coefficient (Wildman–Crippen LogP) is 2.44. The van der Waals surface area contributed by atoms with Gasteiger partial charge in [0, 0.05) is 32.7 Å². The van der Waals surface area contributed by atoms with Gasteiger partial charge in [0.25, 0.3) is 0 Å². The monoisotopic (exact) mass is 353 g/mol. The molecular weight excluding hydrogens is 326 g/mol. The van der Waals surface area contributed by atoms with Crippen LogP contribution in [-0.4, -0.2) is 50.6 Å². The Morgan fingerprint density at radius 1 is 1.08 bits per heavy atom. The third-order valence-corrected chi connectivity index (χ3v) is 4.74. The van der Waals surface area contributed by atoms with E-state index in [1.165, 1.54) is 5.56 Å². The number of nitrogens with zero attached hydrogens (tertiary/aromatic N) is 2. The second-order valence-electron chi connectivity index (χ2n) is 6.70. The summed E-state index contributed by atoms with van der Waals surface area (Å²) >= 11 is 0. The first-order valence-corrected chi connectivity index (χ1v) is 9.08. The molecule has 2 aromatic carbocycles. The quantitative estimate of drug-likeness (QED) is 0.866. The number of methoxy groups -OCH3 is 1. The number of nitrogens with one attached hydrogen (secondary N) is 1. The van der Waals surface area contributed by atoms with Crippen molar-refractivity contribution in [2.45, 2.75) is 13.5 Å². The van der Waals surface area contributed by atoms with Crippen LogP contribution in [-0.2, 0) is 11.3 Å². The van der Waals surface area contributed by atoms with Crippen LogP contribution in [0.5, 0.6) is 5.75 Å². The van der Waals surface area contributed by atoms with Gasteiger partial charge >= 0.3 is 0 Å². The zero-order valence-corrected chi connectivity index (χ0v) is 15.6. The van der Waals surface area contributed by atoms with Crippen LogP contribution in [0.15, 0.2) is 48.5 Å². The summed E-state index contributed by atoms with van der Waals surface area (Å²) in [5, 5.41) is 3.02. The van der Waals surface area contributed by atoms with Crippen molar-refractivity contribution in [1.82, 2.24) is 10.2 Å². The smallest absolute Gasteiger partial charge is 0.234 e. The Hall–Kier alpha value is -2.53. The van der Waals surface area contributed by atoms with Gasteiger partial charge in [-0.25, -0.2) is 0 Å². The van der Waals surface area contributed by atoms with E-state index in [1.807, 2.05) is 30.3 Å². The Bertz CT molecular complexity index is 740. The lowest BCUT2D eigenvalue weighted by Crippen LogP contribution is -2.49. The Kier molecular flexibility index (Phi) is 6.12. The summed E-state index contributed by atoms with van der Waals surface area (Å²) in [5.41, 5.74) is 3.47. The minimum atomic E-state index is 0.0808. The maximum absolute atomic E-state index is 12.2. The molecule has 138 valence electrons. The lowest BCUT2D eigenvalue weighted by molar-refractivity contribution is -0.122. The van der Waals surface area contributed by atoms with Crippen molar-refractivity contribution >= 4 is 11.6 Å². The third-order valence-electron chi connectivity index (χ3n) is 4.74. The molecule has 1 fully saturated rings. The number of amides is 1. The Balaban J connectivity index is 1.45. The SMILES string of the molecule is COc1ccccc1N1CCN(CC(=O)NCc2cccc(C)c2)CC1. The molecule has 1 aliphatic rings. The van der Waals surface area contributed by atoms with Crippen molar-refractivity contribution in [1.29, 1.82) is 0 Å². The minimum absolute atomic E-state index is 0.0808. The molecule has 5 nitrogen and oxygen atoms in total. The standard InChI is InChI=1S/C21H27N3O2/c1-17-6-5-7-18(14-17)15-22-21(25)16-23-10-12-24(13-11-23)19-8-3-4-9-20(19)26-2/h3-9,14H,10-13,15-16H2,1-2H3,(H,22,25). The maximum atomic E-state index is 12.2. The van der Waals surface area contributed by atoms with Crippen LogP contribution in [0.25, 0.3) is 0 Å². The van der Waals surface area contributed by atoms with Gasteiger partial charge in [0.2, 0.25) is 5.91 Å². The number of carbonyl (C=O) groups excluding carboxylic acids is 1. The van der Waals surface area contributed by atoms with Crippen molar-refractivity contribution in [2.75, 3.05) is 44.7 Å². The highest BCUT2D eigenvalue weighted by Crippen LogP contribution is 2.28. The van der Waals surface area contributed by atoms with Gasteiger partial charge in [-0.05, 0) is 24.6 Å². The first kappa shape index (κ1) is 18.3. The first-order valence-electron chi connectivity index (χ1n) is 9.08. The summed E-state index contributed by atoms with van der Waals surface area (Å²) in [7, 11) is 1.70. The molecule has 2 aromatic rings. The van der Waals surface area contributed by atoms with Gasteiger partial charge in [-0.2, -0.15) is 0 Å². The second-order valence-corrected chi connectivity index (χ2v) is 6.70. The van der Waals surface area contributed by atoms with Crippen molar-refractivity contribution in [3.05, 3.63) is 59.7 Å². The van der Waals surface area contributed by atoms with E-state index in [1.54, 1.807) is 7.11 Å². The molecule has 0 atom stereocenters. The average molecular weight is 353 g/mol. The van der Waals surface area contributed by atoms with E-state index >= 15 is 0 Å². The van der Waals surface area contributed by atoms with Crippen LogP contribution >= 0.6 is 0 Å². The molecule has 1 amide bonds. The highest BCUT2D eigenvalue weighted by molar-refractivity contribution is 5.78. The van der Waals surface area contributed by atoms with Crippen molar-refractivity contribution in [2.24, 2.45) is 0 Å². The van der Waals surface area contributed by atoms with E-state index in [-0.39, 0.29) is 5.91 Å². The van der Waals surface area contributed by atoms with Gasteiger partial charge in [-0.15, -0.1) is 0 Å². The molecule has 1 heterocycles. The van der Waals surface area contributed by atoms with Crippen LogP contribution in [0.1, 0.15) is 11.1 Å². The minimum Gasteiger partial charge on any atom is -0.495 e. The first-order chi connectivity index (χ1) is 12.7. The van der Waals surface area contributed by atoms with Gasteiger partial charge in [-0.3, -0.25) is 9.69 Å². The van der Waals surface area contributed by atoms with Crippen molar-refractivity contribution in [3.8, 4) is 5.75 Å². The molecule has 0 saturated carbocycles. The average Bonchev–Trinajstić information content (AvgIpc) is 2.67. The molecule has 26 heavy (non-hydrogen) atoms. The number of aryl methyl sites for hydroxylation is 1. The molecule has 1 aliphatic heterocycles. The molecule has 5 heteroatoms. The number of hydrogen-bond donors (Lipinski definition) is 1. The van der Waals surface area contributed by atoms with Crippen LogP contribution in [0.4, 0.5) is 5.69 Å². The zero-order chi connectivity index (χ0) is 18.4. The number of benzene rings is 2. The summed E-state index contributed by atoms with van der Waals surface area (Å²) in [4.78, 5) is 16.8. The van der Waals surface area contributed by atoms with Gasteiger partial charge in [-0.1, -0.05) is 42.0 Å². The second kappa shape index (κ2) is 8.72. The third kappa shape index (κ3) is 4.76. The Labute approximate surface area is 155 Å². The molecule has 0 unspecified atom stereocenters. The Morgan fingerprint density at radius 3 is 2.58 bits per heavy atom. The molecule has 1 N–H and O–H groups in total. The number of carbonyl (C=O) groups is 1. The molecule has 3 rings (SSSR count). The van der Waals surface area contributed by atoms with E-state index in [2.05, 4.69) is 40.2 Å². The summed E-state index contributed by atoms with van der Waals surface area (Å²) in [6, 6.07) is 16.3. The van der Waals surface area contributed by atoms with Crippen LogP contribution in [0, 0.1) is 6.92 Å². The number of para-hydroxylation sites is 2. The van der Waals surface area contributed by atoms with Gasteiger partial charge in [0.15, 0.2) is 0 Å². The number of hydrogen-bond acceptors (Lipinski definition) is 4. The predicted molar refractivity (Wildman–Crippen MR) is 105 cm³/mol. The highest BCUT2D eigenvalue weighted by atomic mass is 16.5. The zero-order valence-electron chi connectivity index (χ0n) is 15.6. The van der Waals surface area contributed by atoms with Crippen LogP contribution < -0.4 is 15.0 Å². The van der Waals surface area contributed by atoms with E-state index in [4.69, 9.17) is 4.74 Å². The van der Waals surface area contributed by atoms with Crippen LogP contribution in [0.2, 0.25) is 0 Å². The molecule has 0 aromatic heterocycles. The van der Waals surface area contributed by atoms with E-state index in [9.17, 15) is 4.79 Å². The normalized spacial score (nSPS) is 14.9. The largest absolute Gasteiger partial charge is 0.495 e. The number of ether oxygens (including phenoxy) is 1. The van der Waals surface area contributed by atoms with Gasteiger partial charge in [0.1, 0.15) is 5.75 Å². The fraction of sp³-hybridized carbons (Fsp3) is 0.381. The van der Waals surface area contributed by atoms with Crippen molar-refractivity contribution in [3.63, 3.8) is 0 Å². The molecule has 1 saturated heterocycles. The van der Waals surface area contributed by atoms with E-state index in [0.717, 1.165) is 43.2 Å². The summed E-state index contributed by atoms with van der Waals surface area (Å²) in [6.45, 7) is 6.63. The van der Waals surface area contributed by atoms with Crippen molar-refractivity contribution < 1.29 is 9.53 Å².